The summed E-state index contributed by atoms with van der Waals surface area (Å²) in [5.74, 6) is 0.536. The molecule has 0 amide bonds. The van der Waals surface area contributed by atoms with Crippen LogP contribution < -0.4 is 4.74 Å². The van der Waals surface area contributed by atoms with E-state index in [9.17, 15) is 13.9 Å². The number of rotatable bonds is 3. The molecule has 1 aromatic carbocycles. The van der Waals surface area contributed by atoms with Gasteiger partial charge in [-0.05, 0) is 34.9 Å². The molecule has 0 saturated carbocycles. The van der Waals surface area contributed by atoms with Crippen molar-refractivity contribution in [2.45, 2.75) is 24.3 Å². The van der Waals surface area contributed by atoms with E-state index in [-0.39, 0.29) is 6.42 Å². The molecule has 1 N–H and O–H groups in total. The molecule has 1 unspecified atom stereocenters. The van der Waals surface area contributed by atoms with Crippen molar-refractivity contribution in [1.82, 2.24) is 0 Å². The third-order valence-corrected chi connectivity index (χ3v) is 3.09. The summed E-state index contributed by atoms with van der Waals surface area (Å²) in [6, 6.07) is 3.25. The summed E-state index contributed by atoms with van der Waals surface area (Å²) in [5, 5.41) is 6.06. The molecule has 1 aliphatic rings. The SMILES string of the molecule is OC(Cc1cc(Cl)cc2c1OCC2)C(F)(F)Cl. The van der Waals surface area contributed by atoms with E-state index in [0.29, 0.717) is 29.4 Å². The lowest BCUT2D eigenvalue weighted by Crippen LogP contribution is -2.29. The molecule has 0 bridgehead atoms. The molecular formula is C11H10Cl2F2O2. The lowest BCUT2D eigenvalue weighted by molar-refractivity contribution is -0.0399. The van der Waals surface area contributed by atoms with Crippen LogP contribution in [0.3, 0.4) is 0 Å². The van der Waals surface area contributed by atoms with Gasteiger partial charge >= 0.3 is 5.38 Å². The van der Waals surface area contributed by atoms with E-state index in [1.54, 1.807) is 6.07 Å². The van der Waals surface area contributed by atoms with E-state index in [0.717, 1.165) is 5.56 Å². The van der Waals surface area contributed by atoms with Gasteiger partial charge < -0.3 is 9.84 Å². The van der Waals surface area contributed by atoms with Crippen molar-refractivity contribution in [1.29, 1.82) is 0 Å². The van der Waals surface area contributed by atoms with Gasteiger partial charge in [0.05, 0.1) is 6.61 Å². The highest BCUT2D eigenvalue weighted by molar-refractivity contribution is 6.30. The van der Waals surface area contributed by atoms with Crippen LogP contribution in [0.5, 0.6) is 5.75 Å². The third kappa shape index (κ3) is 2.81. The molecule has 0 fully saturated rings. The molecule has 1 aliphatic heterocycles. The van der Waals surface area contributed by atoms with Crippen LogP contribution in [-0.2, 0) is 12.8 Å². The minimum absolute atomic E-state index is 0.292. The van der Waals surface area contributed by atoms with Crippen molar-refractivity contribution >= 4 is 23.2 Å². The first-order valence-corrected chi connectivity index (χ1v) is 5.82. The molecule has 0 aromatic heterocycles. The number of aliphatic hydroxyl groups excluding tert-OH is 1. The molecule has 6 heteroatoms. The van der Waals surface area contributed by atoms with Crippen LogP contribution in [0.25, 0.3) is 0 Å². The van der Waals surface area contributed by atoms with Gasteiger partial charge in [-0.2, -0.15) is 8.78 Å². The number of ether oxygens (including phenoxy) is 1. The Hall–Kier alpha value is -0.580. The van der Waals surface area contributed by atoms with Crippen LogP contribution in [0.2, 0.25) is 5.02 Å². The zero-order valence-corrected chi connectivity index (χ0v) is 10.2. The first kappa shape index (κ1) is 12.9. The van der Waals surface area contributed by atoms with E-state index in [1.165, 1.54) is 6.07 Å². The zero-order chi connectivity index (χ0) is 12.6. The molecule has 94 valence electrons. The fraction of sp³-hybridized carbons (Fsp3) is 0.455. The third-order valence-electron chi connectivity index (χ3n) is 2.62. The Balaban J connectivity index is 2.27. The molecule has 0 spiro atoms. The highest BCUT2D eigenvalue weighted by Crippen LogP contribution is 2.35. The highest BCUT2D eigenvalue weighted by atomic mass is 35.5. The second-order valence-electron chi connectivity index (χ2n) is 3.91. The Morgan fingerprint density at radius 3 is 2.82 bits per heavy atom. The maximum absolute atomic E-state index is 12.7. The number of hydrogen-bond acceptors (Lipinski definition) is 2. The smallest absolute Gasteiger partial charge is 0.347 e. The van der Waals surface area contributed by atoms with Crippen molar-refractivity contribution < 1.29 is 18.6 Å². The van der Waals surface area contributed by atoms with Crippen molar-refractivity contribution in [2.75, 3.05) is 6.61 Å². The van der Waals surface area contributed by atoms with Gasteiger partial charge in [-0.25, -0.2) is 0 Å². The van der Waals surface area contributed by atoms with Crippen LogP contribution in [0.4, 0.5) is 8.78 Å². The molecule has 0 aliphatic carbocycles. The first-order chi connectivity index (χ1) is 7.88. The molecule has 0 saturated heterocycles. The number of halogens is 4. The maximum atomic E-state index is 12.7. The fourth-order valence-corrected chi connectivity index (χ4v) is 2.16. The first-order valence-electron chi connectivity index (χ1n) is 5.07. The van der Waals surface area contributed by atoms with Gasteiger partial charge in [0.1, 0.15) is 11.9 Å². The van der Waals surface area contributed by atoms with E-state index in [1.807, 2.05) is 0 Å². The second-order valence-corrected chi connectivity index (χ2v) is 4.85. The van der Waals surface area contributed by atoms with Crippen LogP contribution >= 0.6 is 23.2 Å². The molecule has 1 atom stereocenters. The van der Waals surface area contributed by atoms with Crippen molar-refractivity contribution in [2.24, 2.45) is 0 Å². The molecule has 0 radical (unpaired) electrons. The summed E-state index contributed by atoms with van der Waals surface area (Å²) in [5.41, 5.74) is 1.33. The summed E-state index contributed by atoms with van der Waals surface area (Å²) < 4.78 is 30.7. The Morgan fingerprint density at radius 2 is 2.18 bits per heavy atom. The minimum atomic E-state index is -3.66. The summed E-state index contributed by atoms with van der Waals surface area (Å²) in [7, 11) is 0. The Bertz CT molecular complexity index is 432. The van der Waals surface area contributed by atoms with Crippen LogP contribution in [0.1, 0.15) is 11.1 Å². The van der Waals surface area contributed by atoms with E-state index in [4.69, 9.17) is 27.9 Å². The Kier molecular flexibility index (Phi) is 3.48. The Labute approximate surface area is 107 Å². The number of alkyl halides is 3. The molecule has 2 nitrogen and oxygen atoms in total. The van der Waals surface area contributed by atoms with Gasteiger partial charge in [0.2, 0.25) is 0 Å². The zero-order valence-electron chi connectivity index (χ0n) is 8.72. The summed E-state index contributed by atoms with van der Waals surface area (Å²) in [4.78, 5) is 0. The lowest BCUT2D eigenvalue weighted by Gasteiger charge is -2.17. The van der Waals surface area contributed by atoms with Crippen molar-refractivity contribution in [3.8, 4) is 5.75 Å². The number of fused-ring (bicyclic) bond motifs is 1. The van der Waals surface area contributed by atoms with Crippen molar-refractivity contribution in [3.63, 3.8) is 0 Å². The van der Waals surface area contributed by atoms with Crippen LogP contribution in [0, 0.1) is 0 Å². The van der Waals surface area contributed by atoms with E-state index >= 15 is 0 Å². The number of benzene rings is 1. The van der Waals surface area contributed by atoms with Crippen LogP contribution in [-0.4, -0.2) is 23.2 Å². The van der Waals surface area contributed by atoms with Gasteiger partial charge in [-0.1, -0.05) is 11.6 Å². The summed E-state index contributed by atoms with van der Waals surface area (Å²) in [6.45, 7) is 0.496. The standard InChI is InChI=1S/C11H10Cl2F2O2/c12-8-3-6-1-2-17-10(6)7(4-8)5-9(16)11(13,14)15/h3-4,9,16H,1-2,5H2. The monoisotopic (exact) mass is 282 g/mol. The minimum Gasteiger partial charge on any atom is -0.493 e. The number of hydrogen-bond donors (Lipinski definition) is 1. The van der Waals surface area contributed by atoms with Crippen LogP contribution in [0.15, 0.2) is 12.1 Å². The van der Waals surface area contributed by atoms with Gasteiger partial charge in [-0.15, -0.1) is 0 Å². The largest absolute Gasteiger partial charge is 0.493 e. The van der Waals surface area contributed by atoms with Gasteiger partial charge in [0.15, 0.2) is 0 Å². The topological polar surface area (TPSA) is 29.5 Å². The predicted molar refractivity (Wildman–Crippen MR) is 61.2 cm³/mol. The lowest BCUT2D eigenvalue weighted by atomic mass is 10.0. The van der Waals surface area contributed by atoms with Crippen molar-refractivity contribution in [3.05, 3.63) is 28.3 Å². The normalized spacial score (nSPS) is 16.5. The molecule has 17 heavy (non-hydrogen) atoms. The average Bonchev–Trinajstić information content (AvgIpc) is 2.63. The van der Waals surface area contributed by atoms with E-state index < -0.39 is 11.5 Å². The summed E-state index contributed by atoms with van der Waals surface area (Å²) in [6.07, 6.45) is -1.56. The number of aliphatic hydroxyl groups is 1. The second kappa shape index (κ2) is 4.59. The maximum Gasteiger partial charge on any atom is 0.347 e. The van der Waals surface area contributed by atoms with E-state index in [2.05, 4.69) is 0 Å². The summed E-state index contributed by atoms with van der Waals surface area (Å²) >= 11 is 10.6. The quantitative estimate of drug-likeness (QED) is 0.864. The molecule has 2 rings (SSSR count). The molecule has 1 aromatic rings. The predicted octanol–water partition coefficient (Wildman–Crippen LogP) is 3.01. The molecular weight excluding hydrogens is 273 g/mol. The Morgan fingerprint density at radius 1 is 1.47 bits per heavy atom. The highest BCUT2D eigenvalue weighted by Gasteiger charge is 2.36. The average molecular weight is 283 g/mol. The molecule has 1 heterocycles. The fourth-order valence-electron chi connectivity index (χ4n) is 1.82. The van der Waals surface area contributed by atoms with Gasteiger partial charge in [0, 0.05) is 17.9 Å². The van der Waals surface area contributed by atoms with Gasteiger partial charge in [0.25, 0.3) is 0 Å². The van der Waals surface area contributed by atoms with Gasteiger partial charge in [-0.3, -0.25) is 0 Å².